The molecule has 0 aliphatic heterocycles. The monoisotopic (exact) mass is 373 g/mol. The Bertz CT molecular complexity index is 408. The number of rotatable bonds is 10. The van der Waals surface area contributed by atoms with Gasteiger partial charge in [0.1, 0.15) is 0 Å². The van der Waals surface area contributed by atoms with Crippen molar-refractivity contribution in [3.8, 4) is 0 Å². The SMILES string of the molecule is CCCCC(CC)CC(NCCC)c1cc(Cl)ccc1Br. The van der Waals surface area contributed by atoms with Crippen LogP contribution in [0.4, 0.5) is 0 Å². The molecule has 1 aromatic rings. The summed E-state index contributed by atoms with van der Waals surface area (Å²) in [6, 6.07) is 6.50. The molecule has 0 bridgehead atoms. The molecule has 120 valence electrons. The molecule has 0 aliphatic rings. The highest BCUT2D eigenvalue weighted by Gasteiger charge is 2.18. The Morgan fingerprint density at radius 3 is 2.57 bits per heavy atom. The average Bonchev–Trinajstić information content (AvgIpc) is 2.49. The number of halogens is 2. The summed E-state index contributed by atoms with van der Waals surface area (Å²) in [5.41, 5.74) is 1.30. The van der Waals surface area contributed by atoms with Crippen LogP contribution in [0.2, 0.25) is 5.02 Å². The van der Waals surface area contributed by atoms with E-state index in [1.165, 1.54) is 37.7 Å². The molecule has 0 aromatic heterocycles. The van der Waals surface area contributed by atoms with Gasteiger partial charge in [-0.3, -0.25) is 0 Å². The second-order valence-corrected chi connectivity index (χ2v) is 7.12. The normalized spacial score (nSPS) is 14.1. The maximum Gasteiger partial charge on any atom is 0.0410 e. The van der Waals surface area contributed by atoms with E-state index in [1.54, 1.807) is 0 Å². The van der Waals surface area contributed by atoms with Crippen molar-refractivity contribution in [2.24, 2.45) is 5.92 Å². The van der Waals surface area contributed by atoms with Gasteiger partial charge in [0.05, 0.1) is 0 Å². The highest BCUT2D eigenvalue weighted by Crippen LogP contribution is 2.32. The van der Waals surface area contributed by atoms with Gasteiger partial charge in [-0.25, -0.2) is 0 Å². The summed E-state index contributed by atoms with van der Waals surface area (Å²) in [7, 11) is 0. The van der Waals surface area contributed by atoms with Crippen molar-refractivity contribution in [1.29, 1.82) is 0 Å². The van der Waals surface area contributed by atoms with Crippen molar-refractivity contribution in [1.82, 2.24) is 5.32 Å². The van der Waals surface area contributed by atoms with E-state index < -0.39 is 0 Å². The highest BCUT2D eigenvalue weighted by atomic mass is 79.9. The smallest absolute Gasteiger partial charge is 0.0410 e. The topological polar surface area (TPSA) is 12.0 Å². The Morgan fingerprint density at radius 1 is 1.19 bits per heavy atom. The van der Waals surface area contributed by atoms with E-state index in [0.717, 1.165) is 28.4 Å². The molecular formula is C18H29BrClN. The summed E-state index contributed by atoms with van der Waals surface area (Å²) < 4.78 is 1.16. The summed E-state index contributed by atoms with van der Waals surface area (Å²) in [5.74, 6) is 0.783. The lowest BCUT2D eigenvalue weighted by Crippen LogP contribution is -2.25. The Hall–Kier alpha value is -0.0500. The van der Waals surface area contributed by atoms with Crippen LogP contribution in [0.15, 0.2) is 22.7 Å². The maximum absolute atomic E-state index is 6.20. The molecule has 0 fully saturated rings. The van der Waals surface area contributed by atoms with Crippen molar-refractivity contribution in [2.45, 2.75) is 65.3 Å². The Labute approximate surface area is 144 Å². The number of hydrogen-bond donors (Lipinski definition) is 1. The molecule has 1 nitrogen and oxygen atoms in total. The molecule has 0 radical (unpaired) electrons. The first-order valence-electron chi connectivity index (χ1n) is 8.30. The molecule has 1 aromatic carbocycles. The van der Waals surface area contributed by atoms with E-state index in [4.69, 9.17) is 11.6 Å². The van der Waals surface area contributed by atoms with Crippen LogP contribution in [0.1, 0.15) is 70.9 Å². The quantitative estimate of drug-likeness (QED) is 0.477. The lowest BCUT2D eigenvalue weighted by Gasteiger charge is -2.25. The van der Waals surface area contributed by atoms with Crippen LogP contribution >= 0.6 is 27.5 Å². The van der Waals surface area contributed by atoms with E-state index in [9.17, 15) is 0 Å². The van der Waals surface area contributed by atoms with Crippen molar-refractivity contribution < 1.29 is 0 Å². The minimum Gasteiger partial charge on any atom is -0.310 e. The standard InChI is InChI=1S/C18H29BrClN/c1-4-7-8-14(6-3)12-18(21-11-5-2)16-13-15(20)9-10-17(16)19/h9-10,13-14,18,21H,4-8,11-12H2,1-3H3. The lowest BCUT2D eigenvalue weighted by molar-refractivity contribution is 0.353. The summed E-state index contributed by atoms with van der Waals surface area (Å²) in [4.78, 5) is 0. The molecule has 1 N–H and O–H groups in total. The van der Waals surface area contributed by atoms with Gasteiger partial charge in [-0.15, -0.1) is 0 Å². The van der Waals surface area contributed by atoms with Gasteiger partial charge >= 0.3 is 0 Å². The molecule has 21 heavy (non-hydrogen) atoms. The second-order valence-electron chi connectivity index (χ2n) is 5.82. The maximum atomic E-state index is 6.20. The van der Waals surface area contributed by atoms with E-state index in [1.807, 2.05) is 6.07 Å². The Kier molecular flexibility index (Phi) is 9.62. The second kappa shape index (κ2) is 10.6. The molecular weight excluding hydrogens is 346 g/mol. The van der Waals surface area contributed by atoms with Crippen molar-refractivity contribution in [3.63, 3.8) is 0 Å². The third kappa shape index (κ3) is 6.71. The average molecular weight is 375 g/mol. The van der Waals surface area contributed by atoms with Gasteiger partial charge in [0.15, 0.2) is 0 Å². The number of benzene rings is 1. The summed E-state index contributed by atoms with van der Waals surface area (Å²) in [5, 5.41) is 4.52. The van der Waals surface area contributed by atoms with Crippen LogP contribution < -0.4 is 5.32 Å². The minimum atomic E-state index is 0.389. The number of hydrogen-bond acceptors (Lipinski definition) is 1. The zero-order valence-corrected chi connectivity index (χ0v) is 15.9. The van der Waals surface area contributed by atoms with E-state index in [0.29, 0.717) is 6.04 Å². The fourth-order valence-electron chi connectivity index (χ4n) is 2.74. The highest BCUT2D eigenvalue weighted by molar-refractivity contribution is 9.10. The zero-order valence-electron chi connectivity index (χ0n) is 13.6. The van der Waals surface area contributed by atoms with Crippen LogP contribution in [-0.2, 0) is 0 Å². The van der Waals surface area contributed by atoms with Crippen LogP contribution in [0, 0.1) is 5.92 Å². The van der Waals surface area contributed by atoms with Gasteiger partial charge in [-0.05, 0) is 49.1 Å². The van der Waals surface area contributed by atoms with Crippen LogP contribution in [0.3, 0.4) is 0 Å². The Balaban J connectivity index is 2.85. The summed E-state index contributed by atoms with van der Waals surface area (Å²) in [6.07, 6.45) is 7.54. The van der Waals surface area contributed by atoms with Crippen molar-refractivity contribution >= 4 is 27.5 Å². The number of unbranched alkanes of at least 4 members (excludes halogenated alkanes) is 1. The van der Waals surface area contributed by atoms with Crippen LogP contribution in [-0.4, -0.2) is 6.54 Å². The summed E-state index contributed by atoms with van der Waals surface area (Å²) in [6.45, 7) is 7.84. The van der Waals surface area contributed by atoms with Gasteiger partial charge < -0.3 is 5.32 Å². The predicted octanol–water partition coefficient (Wildman–Crippen LogP) is 6.75. The summed E-state index contributed by atoms with van der Waals surface area (Å²) >= 11 is 9.89. The molecule has 0 saturated heterocycles. The fourth-order valence-corrected chi connectivity index (χ4v) is 3.44. The van der Waals surface area contributed by atoms with Gasteiger partial charge in [-0.1, -0.05) is 74.0 Å². The molecule has 0 saturated carbocycles. The van der Waals surface area contributed by atoms with Gasteiger partial charge in [0.2, 0.25) is 0 Å². The molecule has 0 amide bonds. The van der Waals surface area contributed by atoms with Gasteiger partial charge in [-0.2, -0.15) is 0 Å². The van der Waals surface area contributed by atoms with Gasteiger partial charge in [0, 0.05) is 15.5 Å². The van der Waals surface area contributed by atoms with E-state index in [2.05, 4.69) is 54.2 Å². The van der Waals surface area contributed by atoms with Crippen molar-refractivity contribution in [3.05, 3.63) is 33.3 Å². The third-order valence-corrected chi connectivity index (χ3v) is 5.04. The first-order valence-corrected chi connectivity index (χ1v) is 9.47. The first kappa shape index (κ1) is 19.0. The minimum absolute atomic E-state index is 0.389. The fraction of sp³-hybridized carbons (Fsp3) is 0.667. The largest absolute Gasteiger partial charge is 0.310 e. The molecule has 2 atom stereocenters. The first-order chi connectivity index (χ1) is 10.1. The zero-order chi connectivity index (χ0) is 15.7. The van der Waals surface area contributed by atoms with Gasteiger partial charge in [0.25, 0.3) is 0 Å². The number of nitrogens with one attached hydrogen (secondary N) is 1. The van der Waals surface area contributed by atoms with Crippen LogP contribution in [0.25, 0.3) is 0 Å². The Morgan fingerprint density at radius 2 is 1.95 bits per heavy atom. The molecule has 1 rings (SSSR count). The van der Waals surface area contributed by atoms with Crippen LogP contribution in [0.5, 0.6) is 0 Å². The van der Waals surface area contributed by atoms with Crippen molar-refractivity contribution in [2.75, 3.05) is 6.54 Å². The lowest BCUT2D eigenvalue weighted by atomic mass is 9.89. The predicted molar refractivity (Wildman–Crippen MR) is 98.1 cm³/mol. The molecule has 3 heteroatoms. The molecule has 0 spiro atoms. The molecule has 0 aliphatic carbocycles. The molecule has 2 unspecified atom stereocenters. The molecule has 0 heterocycles. The van der Waals surface area contributed by atoms with E-state index >= 15 is 0 Å². The third-order valence-electron chi connectivity index (χ3n) is 4.09. The van der Waals surface area contributed by atoms with E-state index in [-0.39, 0.29) is 0 Å².